The molecule has 1 aliphatic rings. The number of rotatable bonds is 3. The van der Waals surface area contributed by atoms with Crippen LogP contribution in [0.5, 0.6) is 0 Å². The van der Waals surface area contributed by atoms with Crippen LogP contribution in [0.25, 0.3) is 0 Å². The van der Waals surface area contributed by atoms with E-state index >= 15 is 0 Å². The lowest BCUT2D eigenvalue weighted by Crippen LogP contribution is -2.30. The van der Waals surface area contributed by atoms with E-state index in [4.69, 9.17) is 11.6 Å². The third-order valence-corrected chi connectivity index (χ3v) is 4.19. The van der Waals surface area contributed by atoms with Crippen LogP contribution in [0.3, 0.4) is 0 Å². The highest BCUT2D eigenvalue weighted by Gasteiger charge is 2.24. The second-order valence-corrected chi connectivity index (χ2v) is 6.28. The highest BCUT2D eigenvalue weighted by atomic mass is 35.5. The predicted octanol–water partition coefficient (Wildman–Crippen LogP) is 3.22. The maximum atomic E-state index is 12.2. The van der Waals surface area contributed by atoms with Gasteiger partial charge in [0.25, 0.3) is 0 Å². The highest BCUT2D eigenvalue weighted by molar-refractivity contribution is 6.29. The fourth-order valence-electron chi connectivity index (χ4n) is 2.72. The first kappa shape index (κ1) is 15.2. The molecule has 2 heterocycles. The monoisotopic (exact) mass is 295 g/mol. The normalized spacial score (nSPS) is 20.4. The average molecular weight is 296 g/mol. The molecule has 0 aliphatic carbocycles. The van der Waals surface area contributed by atoms with E-state index in [1.807, 2.05) is 11.8 Å². The molecule has 1 aromatic heterocycles. The van der Waals surface area contributed by atoms with Crippen molar-refractivity contribution in [2.24, 2.45) is 11.8 Å². The first-order valence-corrected chi connectivity index (χ1v) is 7.61. The van der Waals surface area contributed by atoms with E-state index in [-0.39, 0.29) is 5.91 Å². The van der Waals surface area contributed by atoms with Crippen molar-refractivity contribution in [1.29, 1.82) is 0 Å². The lowest BCUT2D eigenvalue weighted by Gasteiger charge is -2.21. The maximum Gasteiger partial charge on any atom is 0.222 e. The van der Waals surface area contributed by atoms with Gasteiger partial charge in [-0.2, -0.15) is 0 Å². The van der Waals surface area contributed by atoms with Crippen molar-refractivity contribution in [1.82, 2.24) is 14.9 Å². The number of carbonyl (C=O) groups excluding carboxylic acids is 1. The van der Waals surface area contributed by atoms with E-state index in [0.29, 0.717) is 35.8 Å². The molecule has 5 heteroatoms. The summed E-state index contributed by atoms with van der Waals surface area (Å²) in [5.74, 6) is 2.10. The van der Waals surface area contributed by atoms with E-state index in [9.17, 15) is 4.79 Å². The molecule has 2 rings (SSSR count). The fraction of sp³-hybridized carbons (Fsp3) is 0.667. The smallest absolute Gasteiger partial charge is 0.222 e. The van der Waals surface area contributed by atoms with Crippen LogP contribution < -0.4 is 0 Å². The summed E-state index contributed by atoms with van der Waals surface area (Å²) in [6.45, 7) is 7.60. The minimum atomic E-state index is 0.203. The summed E-state index contributed by atoms with van der Waals surface area (Å²) in [4.78, 5) is 22.6. The van der Waals surface area contributed by atoms with Gasteiger partial charge in [0, 0.05) is 18.7 Å². The number of halogens is 1. The maximum absolute atomic E-state index is 12.2. The summed E-state index contributed by atoms with van der Waals surface area (Å²) in [7, 11) is 0. The Balaban J connectivity index is 2.06. The highest BCUT2D eigenvalue weighted by Crippen LogP contribution is 2.25. The molecule has 0 N–H and O–H groups in total. The number of likely N-dealkylation sites (tertiary alicyclic amines) is 1. The minimum absolute atomic E-state index is 0.203. The molecule has 1 unspecified atom stereocenters. The molecule has 110 valence electrons. The van der Waals surface area contributed by atoms with Crippen LogP contribution in [-0.2, 0) is 11.3 Å². The van der Waals surface area contributed by atoms with Gasteiger partial charge in [-0.05, 0) is 37.7 Å². The van der Waals surface area contributed by atoms with Crippen molar-refractivity contribution in [2.45, 2.75) is 46.6 Å². The number of hydrogen-bond donors (Lipinski definition) is 0. The second kappa shape index (κ2) is 6.53. The Bertz CT molecular complexity index is 470. The van der Waals surface area contributed by atoms with Crippen molar-refractivity contribution >= 4 is 17.5 Å². The van der Waals surface area contributed by atoms with Crippen molar-refractivity contribution in [3.8, 4) is 0 Å². The molecule has 0 radical (unpaired) electrons. The Kier molecular flexibility index (Phi) is 4.97. The summed E-state index contributed by atoms with van der Waals surface area (Å²) in [5.41, 5.74) is 0.835. The van der Waals surface area contributed by atoms with Crippen LogP contribution >= 0.6 is 11.6 Å². The van der Waals surface area contributed by atoms with E-state index in [0.717, 1.165) is 25.1 Å². The van der Waals surface area contributed by atoms with Gasteiger partial charge in [0.05, 0.1) is 6.54 Å². The number of aryl methyl sites for hydroxylation is 1. The van der Waals surface area contributed by atoms with E-state index in [2.05, 4.69) is 23.8 Å². The Hall–Kier alpha value is -1.16. The third-order valence-electron chi connectivity index (χ3n) is 4.00. The van der Waals surface area contributed by atoms with E-state index in [1.165, 1.54) is 0 Å². The number of carbonyl (C=O) groups is 1. The van der Waals surface area contributed by atoms with Gasteiger partial charge in [0.1, 0.15) is 11.0 Å². The topological polar surface area (TPSA) is 46.1 Å². The second-order valence-electron chi connectivity index (χ2n) is 5.90. The van der Waals surface area contributed by atoms with Crippen molar-refractivity contribution in [3.63, 3.8) is 0 Å². The molecule has 20 heavy (non-hydrogen) atoms. The molecular formula is C15H22ClN3O. The van der Waals surface area contributed by atoms with Gasteiger partial charge in [-0.1, -0.05) is 25.4 Å². The van der Waals surface area contributed by atoms with Crippen molar-refractivity contribution < 1.29 is 4.79 Å². The first-order valence-electron chi connectivity index (χ1n) is 7.23. The SMILES string of the molecule is Cc1cc(Cl)nc(CN2CCC(C(C)C)CCC2=O)n1. The summed E-state index contributed by atoms with van der Waals surface area (Å²) in [5, 5.41) is 0.440. The molecule has 4 nitrogen and oxygen atoms in total. The Labute approximate surface area is 125 Å². The van der Waals surface area contributed by atoms with Crippen LogP contribution in [0.2, 0.25) is 5.15 Å². The first-order chi connectivity index (χ1) is 9.45. The van der Waals surface area contributed by atoms with Gasteiger partial charge in [0.2, 0.25) is 5.91 Å². The molecule has 0 aromatic carbocycles. The summed E-state index contributed by atoms with van der Waals surface area (Å²) in [6, 6.07) is 1.73. The number of nitrogens with zero attached hydrogens (tertiary/aromatic N) is 3. The van der Waals surface area contributed by atoms with E-state index < -0.39 is 0 Å². The molecule has 0 bridgehead atoms. The zero-order valence-corrected chi connectivity index (χ0v) is 13.2. The summed E-state index contributed by atoms with van der Waals surface area (Å²) < 4.78 is 0. The number of amides is 1. The standard InChI is InChI=1S/C15H22ClN3O/c1-10(2)12-4-5-15(20)19(7-6-12)9-14-17-11(3)8-13(16)18-14/h8,10,12H,4-7,9H2,1-3H3. The van der Waals surface area contributed by atoms with Crippen LogP contribution in [0.1, 0.15) is 44.6 Å². The average Bonchev–Trinajstić information content (AvgIpc) is 2.51. The third kappa shape index (κ3) is 3.92. The number of aromatic nitrogens is 2. The molecule has 1 aliphatic heterocycles. The fourth-order valence-corrected chi connectivity index (χ4v) is 2.98. The lowest BCUT2D eigenvalue weighted by atomic mass is 9.89. The Morgan fingerprint density at radius 1 is 1.40 bits per heavy atom. The van der Waals surface area contributed by atoms with Gasteiger partial charge in [-0.25, -0.2) is 9.97 Å². The van der Waals surface area contributed by atoms with Crippen LogP contribution in [0.4, 0.5) is 0 Å². The van der Waals surface area contributed by atoms with Crippen molar-refractivity contribution in [3.05, 3.63) is 22.7 Å². The summed E-state index contributed by atoms with van der Waals surface area (Å²) in [6.07, 6.45) is 2.67. The van der Waals surface area contributed by atoms with Crippen LogP contribution in [0.15, 0.2) is 6.07 Å². The molecule has 1 atom stereocenters. The molecule has 1 aromatic rings. The molecule has 1 saturated heterocycles. The van der Waals surface area contributed by atoms with Crippen LogP contribution in [0, 0.1) is 18.8 Å². The Morgan fingerprint density at radius 2 is 2.15 bits per heavy atom. The largest absolute Gasteiger partial charge is 0.335 e. The summed E-state index contributed by atoms with van der Waals surface area (Å²) >= 11 is 5.95. The molecule has 1 amide bonds. The molecule has 0 spiro atoms. The van der Waals surface area contributed by atoms with E-state index in [1.54, 1.807) is 6.07 Å². The van der Waals surface area contributed by atoms with Gasteiger partial charge in [-0.3, -0.25) is 4.79 Å². The quantitative estimate of drug-likeness (QED) is 0.804. The zero-order valence-electron chi connectivity index (χ0n) is 12.4. The minimum Gasteiger partial charge on any atom is -0.335 e. The lowest BCUT2D eigenvalue weighted by molar-refractivity contribution is -0.131. The van der Waals surface area contributed by atoms with Crippen LogP contribution in [-0.4, -0.2) is 27.3 Å². The molecule has 0 saturated carbocycles. The van der Waals surface area contributed by atoms with Gasteiger partial charge >= 0.3 is 0 Å². The van der Waals surface area contributed by atoms with Gasteiger partial charge < -0.3 is 4.90 Å². The molecule has 1 fully saturated rings. The Morgan fingerprint density at radius 3 is 2.80 bits per heavy atom. The van der Waals surface area contributed by atoms with Gasteiger partial charge in [-0.15, -0.1) is 0 Å². The van der Waals surface area contributed by atoms with Gasteiger partial charge in [0.15, 0.2) is 0 Å². The zero-order chi connectivity index (χ0) is 14.7. The molecular weight excluding hydrogens is 274 g/mol. The van der Waals surface area contributed by atoms with Crippen molar-refractivity contribution in [2.75, 3.05) is 6.54 Å². The predicted molar refractivity (Wildman–Crippen MR) is 79.4 cm³/mol. The number of hydrogen-bond acceptors (Lipinski definition) is 3.